The second kappa shape index (κ2) is 9.30. The van der Waals surface area contributed by atoms with Gasteiger partial charge in [0.25, 0.3) is 5.91 Å². The van der Waals surface area contributed by atoms with Crippen molar-refractivity contribution in [2.75, 3.05) is 30.4 Å². The Hall–Kier alpha value is -3.55. The maximum Gasteiger partial charge on any atom is 0.325 e. The molecule has 170 valence electrons. The van der Waals surface area contributed by atoms with Crippen LogP contribution in [0.1, 0.15) is 33.3 Å². The standard InChI is InChI=1S/C24H30N4O4/c1-6-27(16(2)3)19-12-10-18(11-13-19)25-21(29)15-28-22(30)24(4,26-23(28)31)17-8-7-9-20(14-17)32-5/h7-14,16H,6,15H2,1-5H3,(H,25,29)(H,26,31). The number of anilines is 2. The third-order valence-electron chi connectivity index (χ3n) is 5.67. The summed E-state index contributed by atoms with van der Waals surface area (Å²) in [4.78, 5) is 41.3. The third-order valence-corrected chi connectivity index (χ3v) is 5.67. The highest BCUT2D eigenvalue weighted by atomic mass is 16.5. The van der Waals surface area contributed by atoms with E-state index in [1.54, 1.807) is 31.2 Å². The van der Waals surface area contributed by atoms with E-state index in [0.717, 1.165) is 17.1 Å². The van der Waals surface area contributed by atoms with Gasteiger partial charge in [0.2, 0.25) is 5.91 Å². The zero-order valence-electron chi connectivity index (χ0n) is 19.1. The van der Waals surface area contributed by atoms with Gasteiger partial charge in [-0.05, 0) is 69.7 Å². The molecule has 1 aliphatic heterocycles. The van der Waals surface area contributed by atoms with Gasteiger partial charge in [0.15, 0.2) is 0 Å². The van der Waals surface area contributed by atoms with E-state index >= 15 is 0 Å². The van der Waals surface area contributed by atoms with E-state index in [9.17, 15) is 14.4 Å². The Labute approximate surface area is 188 Å². The van der Waals surface area contributed by atoms with E-state index in [1.807, 2.05) is 24.3 Å². The topological polar surface area (TPSA) is 91.0 Å². The highest BCUT2D eigenvalue weighted by Crippen LogP contribution is 2.31. The molecule has 0 aliphatic carbocycles. The van der Waals surface area contributed by atoms with Gasteiger partial charge in [-0.3, -0.25) is 14.5 Å². The lowest BCUT2D eigenvalue weighted by Crippen LogP contribution is -2.42. The van der Waals surface area contributed by atoms with Crippen LogP contribution in [0.2, 0.25) is 0 Å². The van der Waals surface area contributed by atoms with Gasteiger partial charge in [-0.25, -0.2) is 4.79 Å². The summed E-state index contributed by atoms with van der Waals surface area (Å²) in [7, 11) is 1.53. The van der Waals surface area contributed by atoms with Crippen molar-refractivity contribution in [1.29, 1.82) is 0 Å². The van der Waals surface area contributed by atoms with Gasteiger partial charge in [0.05, 0.1) is 7.11 Å². The lowest BCUT2D eigenvalue weighted by Gasteiger charge is -2.27. The van der Waals surface area contributed by atoms with Crippen molar-refractivity contribution in [3.05, 3.63) is 54.1 Å². The SMILES string of the molecule is CCN(c1ccc(NC(=O)CN2C(=O)NC(C)(c3cccc(OC)c3)C2=O)cc1)C(C)C. The number of benzene rings is 2. The molecule has 0 radical (unpaired) electrons. The Balaban J connectivity index is 1.68. The molecule has 3 rings (SSSR count). The van der Waals surface area contributed by atoms with E-state index in [1.165, 1.54) is 7.11 Å². The van der Waals surface area contributed by atoms with Crippen LogP contribution >= 0.6 is 0 Å². The predicted molar refractivity (Wildman–Crippen MR) is 124 cm³/mol. The summed E-state index contributed by atoms with van der Waals surface area (Å²) in [6.07, 6.45) is 0. The number of amides is 4. The minimum Gasteiger partial charge on any atom is -0.497 e. The normalized spacial score (nSPS) is 18.0. The molecule has 2 aromatic carbocycles. The fraction of sp³-hybridized carbons (Fsp3) is 0.375. The van der Waals surface area contributed by atoms with Crippen molar-refractivity contribution >= 4 is 29.2 Å². The average Bonchev–Trinajstić information content (AvgIpc) is 2.99. The number of methoxy groups -OCH3 is 1. The lowest BCUT2D eigenvalue weighted by molar-refractivity contribution is -0.133. The number of carbonyl (C=O) groups is 3. The molecule has 2 aromatic rings. The maximum atomic E-state index is 13.1. The second-order valence-corrected chi connectivity index (χ2v) is 8.15. The van der Waals surface area contributed by atoms with Crippen LogP contribution in [0.25, 0.3) is 0 Å². The minimum absolute atomic E-state index is 0.360. The number of nitrogens with zero attached hydrogens (tertiary/aromatic N) is 2. The molecule has 2 N–H and O–H groups in total. The van der Waals surface area contributed by atoms with Crippen molar-refractivity contribution in [2.24, 2.45) is 0 Å². The van der Waals surface area contributed by atoms with Crippen LogP contribution in [0.15, 0.2) is 48.5 Å². The van der Waals surface area contributed by atoms with Gasteiger partial charge < -0.3 is 20.3 Å². The molecule has 1 heterocycles. The number of nitrogens with one attached hydrogen (secondary N) is 2. The number of hydrogen-bond donors (Lipinski definition) is 2. The van der Waals surface area contributed by atoms with Gasteiger partial charge >= 0.3 is 6.03 Å². The van der Waals surface area contributed by atoms with E-state index in [-0.39, 0.29) is 6.54 Å². The Morgan fingerprint density at radius 1 is 1.19 bits per heavy atom. The molecule has 0 spiro atoms. The number of ether oxygens (including phenoxy) is 1. The first-order chi connectivity index (χ1) is 15.2. The maximum absolute atomic E-state index is 13.1. The number of imide groups is 1. The zero-order chi connectivity index (χ0) is 23.5. The molecule has 0 bridgehead atoms. The van der Waals surface area contributed by atoms with E-state index in [2.05, 4.69) is 36.3 Å². The van der Waals surface area contributed by atoms with E-state index < -0.39 is 23.4 Å². The predicted octanol–water partition coefficient (Wildman–Crippen LogP) is 3.34. The van der Waals surface area contributed by atoms with Gasteiger partial charge in [-0.2, -0.15) is 0 Å². The van der Waals surface area contributed by atoms with Crippen LogP contribution in [-0.4, -0.2) is 49.0 Å². The summed E-state index contributed by atoms with van der Waals surface area (Å²) < 4.78 is 5.22. The molecular weight excluding hydrogens is 408 g/mol. The highest BCUT2D eigenvalue weighted by molar-refractivity contribution is 6.10. The Morgan fingerprint density at radius 3 is 2.47 bits per heavy atom. The van der Waals surface area contributed by atoms with Crippen LogP contribution in [0.5, 0.6) is 5.75 Å². The molecule has 1 saturated heterocycles. The number of carbonyl (C=O) groups excluding carboxylic acids is 3. The molecule has 1 aliphatic rings. The number of urea groups is 1. The lowest BCUT2D eigenvalue weighted by atomic mass is 9.92. The molecule has 1 unspecified atom stereocenters. The molecule has 0 saturated carbocycles. The third kappa shape index (κ3) is 4.54. The molecule has 8 nitrogen and oxygen atoms in total. The van der Waals surface area contributed by atoms with Crippen molar-refractivity contribution < 1.29 is 19.1 Å². The monoisotopic (exact) mass is 438 g/mol. The Morgan fingerprint density at radius 2 is 1.88 bits per heavy atom. The number of hydrogen-bond acceptors (Lipinski definition) is 5. The number of rotatable bonds is 8. The first-order valence-corrected chi connectivity index (χ1v) is 10.6. The molecule has 0 aromatic heterocycles. The van der Waals surface area contributed by atoms with Crippen molar-refractivity contribution in [3.63, 3.8) is 0 Å². The van der Waals surface area contributed by atoms with Gasteiger partial charge in [0.1, 0.15) is 17.8 Å². The van der Waals surface area contributed by atoms with Crippen LogP contribution in [-0.2, 0) is 15.1 Å². The Kier molecular flexibility index (Phi) is 6.72. The summed E-state index contributed by atoms with van der Waals surface area (Å²) in [5, 5.41) is 5.46. The molecule has 8 heteroatoms. The summed E-state index contributed by atoms with van der Waals surface area (Å²) in [5.74, 6) is -0.367. The van der Waals surface area contributed by atoms with Crippen LogP contribution in [0, 0.1) is 0 Å². The zero-order valence-corrected chi connectivity index (χ0v) is 19.1. The van der Waals surface area contributed by atoms with E-state index in [4.69, 9.17) is 4.74 Å². The fourth-order valence-corrected chi connectivity index (χ4v) is 3.90. The second-order valence-electron chi connectivity index (χ2n) is 8.15. The van der Waals surface area contributed by atoms with Crippen molar-refractivity contribution in [2.45, 2.75) is 39.3 Å². The largest absolute Gasteiger partial charge is 0.497 e. The van der Waals surface area contributed by atoms with E-state index in [0.29, 0.717) is 23.0 Å². The molecule has 4 amide bonds. The molecular formula is C24H30N4O4. The van der Waals surface area contributed by atoms with Crippen LogP contribution < -0.4 is 20.3 Å². The molecule has 1 atom stereocenters. The van der Waals surface area contributed by atoms with Crippen molar-refractivity contribution in [1.82, 2.24) is 10.2 Å². The van der Waals surface area contributed by atoms with Crippen LogP contribution in [0.3, 0.4) is 0 Å². The average molecular weight is 439 g/mol. The van der Waals surface area contributed by atoms with Gasteiger partial charge in [0, 0.05) is 24.0 Å². The fourth-order valence-electron chi connectivity index (χ4n) is 3.90. The molecule has 1 fully saturated rings. The van der Waals surface area contributed by atoms with Gasteiger partial charge in [-0.15, -0.1) is 0 Å². The summed E-state index contributed by atoms with van der Waals surface area (Å²) >= 11 is 0. The first-order valence-electron chi connectivity index (χ1n) is 10.6. The highest BCUT2D eigenvalue weighted by Gasteiger charge is 2.49. The minimum atomic E-state index is -1.27. The molecule has 32 heavy (non-hydrogen) atoms. The van der Waals surface area contributed by atoms with Crippen molar-refractivity contribution in [3.8, 4) is 5.75 Å². The summed E-state index contributed by atoms with van der Waals surface area (Å²) in [5.41, 5.74) is 0.970. The summed E-state index contributed by atoms with van der Waals surface area (Å²) in [6, 6.07) is 14.2. The van der Waals surface area contributed by atoms with Crippen LogP contribution in [0.4, 0.5) is 16.2 Å². The first kappa shape index (κ1) is 23.1. The Bertz CT molecular complexity index is 1010. The smallest absolute Gasteiger partial charge is 0.325 e. The van der Waals surface area contributed by atoms with Gasteiger partial charge in [-0.1, -0.05) is 12.1 Å². The quantitative estimate of drug-likeness (QED) is 0.617. The summed E-state index contributed by atoms with van der Waals surface area (Å²) in [6.45, 7) is 8.45.